The van der Waals surface area contributed by atoms with Gasteiger partial charge in [0.15, 0.2) is 0 Å². The summed E-state index contributed by atoms with van der Waals surface area (Å²) in [7, 11) is 0. The molecule has 13 heavy (non-hydrogen) atoms. The first-order valence-electron chi connectivity index (χ1n) is 4.50. The fourth-order valence-corrected chi connectivity index (χ4v) is 1.21. The Balaban J connectivity index is 3.11. The van der Waals surface area contributed by atoms with E-state index in [0.29, 0.717) is 6.04 Å². The summed E-state index contributed by atoms with van der Waals surface area (Å²) in [6.45, 7) is 7.96. The molecule has 1 N–H and O–H groups in total. The van der Waals surface area contributed by atoms with E-state index in [4.69, 9.17) is 5.41 Å². The lowest BCUT2D eigenvalue weighted by molar-refractivity contribution is 0.502. The molecule has 0 spiro atoms. The Hall–Kier alpha value is -1.19. The van der Waals surface area contributed by atoms with Crippen LogP contribution in [0.1, 0.15) is 44.4 Å². The summed E-state index contributed by atoms with van der Waals surface area (Å²) in [5, 5.41) is 11.5. The van der Waals surface area contributed by atoms with Crippen molar-refractivity contribution in [3.8, 4) is 0 Å². The van der Waals surface area contributed by atoms with Crippen LogP contribution >= 0.6 is 0 Å². The van der Waals surface area contributed by atoms with E-state index in [-0.39, 0.29) is 5.92 Å². The molecule has 0 aliphatic carbocycles. The van der Waals surface area contributed by atoms with E-state index in [0.717, 1.165) is 11.6 Å². The summed E-state index contributed by atoms with van der Waals surface area (Å²) in [6, 6.07) is 0.304. The minimum absolute atomic E-state index is 0.0450. The van der Waals surface area contributed by atoms with Crippen molar-refractivity contribution in [1.29, 1.82) is 5.41 Å². The SMILES string of the molecule is Cc1nc(C(C)C=N)n(C(C)C)n1. The van der Waals surface area contributed by atoms with Crippen molar-refractivity contribution in [3.05, 3.63) is 11.6 Å². The lowest BCUT2D eigenvalue weighted by atomic mass is 10.2. The zero-order chi connectivity index (χ0) is 10.0. The number of rotatable bonds is 3. The fraction of sp³-hybridized carbons (Fsp3) is 0.667. The van der Waals surface area contributed by atoms with Gasteiger partial charge in [-0.25, -0.2) is 9.67 Å². The fourth-order valence-electron chi connectivity index (χ4n) is 1.21. The first kappa shape index (κ1) is 9.89. The van der Waals surface area contributed by atoms with Crippen LogP contribution in [0.3, 0.4) is 0 Å². The highest BCUT2D eigenvalue weighted by atomic mass is 15.4. The first-order chi connectivity index (χ1) is 6.06. The first-order valence-corrected chi connectivity index (χ1v) is 4.50. The third-order valence-corrected chi connectivity index (χ3v) is 1.91. The molecule has 1 aromatic rings. The molecular formula is C9H16N4. The number of nitrogens with one attached hydrogen (secondary N) is 1. The zero-order valence-electron chi connectivity index (χ0n) is 8.57. The van der Waals surface area contributed by atoms with Crippen LogP contribution in [-0.4, -0.2) is 21.0 Å². The molecule has 1 rings (SSSR count). The predicted molar refractivity (Wildman–Crippen MR) is 52.3 cm³/mol. The molecule has 0 aliphatic rings. The third-order valence-electron chi connectivity index (χ3n) is 1.91. The van der Waals surface area contributed by atoms with Crippen LogP contribution in [0.15, 0.2) is 0 Å². The van der Waals surface area contributed by atoms with Crippen molar-refractivity contribution >= 4 is 6.21 Å². The summed E-state index contributed by atoms with van der Waals surface area (Å²) in [5.74, 6) is 1.70. The maximum Gasteiger partial charge on any atom is 0.147 e. The molecule has 1 atom stereocenters. The third kappa shape index (κ3) is 1.94. The molecule has 0 fully saturated rings. The standard InChI is InChI=1S/C9H16N4/c1-6(2)13-9(7(3)5-10)11-8(4)12-13/h5-7,10H,1-4H3. The Morgan fingerprint density at radius 2 is 2.00 bits per heavy atom. The minimum Gasteiger partial charge on any atom is -0.312 e. The molecular weight excluding hydrogens is 164 g/mol. The molecule has 0 amide bonds. The van der Waals surface area contributed by atoms with E-state index in [1.807, 2.05) is 18.5 Å². The Bertz CT molecular complexity index is 301. The molecule has 72 valence electrons. The van der Waals surface area contributed by atoms with Gasteiger partial charge in [0.05, 0.1) is 5.92 Å². The lowest BCUT2D eigenvalue weighted by Crippen LogP contribution is -2.11. The molecule has 1 unspecified atom stereocenters. The number of nitrogens with zero attached hydrogens (tertiary/aromatic N) is 3. The monoisotopic (exact) mass is 180 g/mol. The second-order valence-electron chi connectivity index (χ2n) is 3.51. The average Bonchev–Trinajstić information content (AvgIpc) is 2.46. The van der Waals surface area contributed by atoms with Gasteiger partial charge in [-0.2, -0.15) is 5.10 Å². The largest absolute Gasteiger partial charge is 0.312 e. The van der Waals surface area contributed by atoms with Crippen LogP contribution < -0.4 is 0 Å². The quantitative estimate of drug-likeness (QED) is 0.722. The van der Waals surface area contributed by atoms with Crippen LogP contribution in [-0.2, 0) is 0 Å². The molecule has 0 bridgehead atoms. The number of aromatic nitrogens is 3. The molecule has 0 saturated carbocycles. The Morgan fingerprint density at radius 3 is 2.46 bits per heavy atom. The average molecular weight is 180 g/mol. The number of hydrogen-bond acceptors (Lipinski definition) is 3. The summed E-state index contributed by atoms with van der Waals surface area (Å²) in [5.41, 5.74) is 0. The second kappa shape index (κ2) is 3.68. The van der Waals surface area contributed by atoms with E-state index >= 15 is 0 Å². The summed E-state index contributed by atoms with van der Waals surface area (Å²) in [6.07, 6.45) is 1.39. The van der Waals surface area contributed by atoms with Gasteiger partial charge in [-0.3, -0.25) is 0 Å². The van der Waals surface area contributed by atoms with Crippen molar-refractivity contribution in [2.24, 2.45) is 0 Å². The van der Waals surface area contributed by atoms with Crippen LogP contribution in [0.25, 0.3) is 0 Å². The Morgan fingerprint density at radius 1 is 1.38 bits per heavy atom. The number of aryl methyl sites for hydroxylation is 1. The van der Waals surface area contributed by atoms with E-state index in [1.165, 1.54) is 6.21 Å². The smallest absolute Gasteiger partial charge is 0.147 e. The Labute approximate surface area is 78.5 Å². The molecule has 1 heterocycles. The van der Waals surface area contributed by atoms with Crippen molar-refractivity contribution in [2.45, 2.75) is 39.7 Å². The van der Waals surface area contributed by atoms with Crippen molar-refractivity contribution < 1.29 is 0 Å². The maximum atomic E-state index is 7.19. The van der Waals surface area contributed by atoms with Crippen molar-refractivity contribution in [1.82, 2.24) is 14.8 Å². The predicted octanol–water partition coefficient (Wildman–Crippen LogP) is 1.92. The van der Waals surface area contributed by atoms with E-state index in [9.17, 15) is 0 Å². The highest BCUT2D eigenvalue weighted by molar-refractivity contribution is 5.62. The van der Waals surface area contributed by atoms with E-state index in [2.05, 4.69) is 23.9 Å². The van der Waals surface area contributed by atoms with Crippen LogP contribution in [0.5, 0.6) is 0 Å². The topological polar surface area (TPSA) is 54.6 Å². The molecule has 4 nitrogen and oxygen atoms in total. The van der Waals surface area contributed by atoms with Gasteiger partial charge >= 0.3 is 0 Å². The summed E-state index contributed by atoms with van der Waals surface area (Å²) < 4.78 is 1.88. The molecule has 0 aromatic carbocycles. The Kier molecular flexibility index (Phi) is 2.80. The molecule has 0 saturated heterocycles. The molecule has 0 aliphatic heterocycles. The van der Waals surface area contributed by atoms with Gasteiger partial charge in [-0.15, -0.1) is 0 Å². The van der Waals surface area contributed by atoms with Gasteiger partial charge in [0.1, 0.15) is 11.6 Å². The molecule has 1 aromatic heterocycles. The van der Waals surface area contributed by atoms with Gasteiger partial charge in [-0.1, -0.05) is 6.92 Å². The summed E-state index contributed by atoms with van der Waals surface area (Å²) in [4.78, 5) is 4.30. The zero-order valence-corrected chi connectivity index (χ0v) is 8.57. The normalized spacial score (nSPS) is 13.3. The maximum absolute atomic E-state index is 7.19. The molecule has 0 radical (unpaired) electrons. The van der Waals surface area contributed by atoms with Gasteiger partial charge in [0.2, 0.25) is 0 Å². The lowest BCUT2D eigenvalue weighted by Gasteiger charge is -2.10. The van der Waals surface area contributed by atoms with Gasteiger partial charge in [-0.05, 0) is 20.8 Å². The van der Waals surface area contributed by atoms with Crippen molar-refractivity contribution in [3.63, 3.8) is 0 Å². The van der Waals surface area contributed by atoms with Crippen LogP contribution in [0.4, 0.5) is 0 Å². The minimum atomic E-state index is 0.0450. The van der Waals surface area contributed by atoms with Gasteiger partial charge in [0.25, 0.3) is 0 Å². The van der Waals surface area contributed by atoms with Gasteiger partial charge in [0, 0.05) is 12.3 Å². The highest BCUT2D eigenvalue weighted by Crippen LogP contribution is 2.14. The molecule has 4 heteroatoms. The van der Waals surface area contributed by atoms with Gasteiger partial charge < -0.3 is 5.41 Å². The summed E-state index contributed by atoms with van der Waals surface area (Å²) >= 11 is 0. The number of hydrogen-bond donors (Lipinski definition) is 1. The highest BCUT2D eigenvalue weighted by Gasteiger charge is 2.14. The van der Waals surface area contributed by atoms with Crippen LogP contribution in [0, 0.1) is 12.3 Å². The van der Waals surface area contributed by atoms with E-state index in [1.54, 1.807) is 0 Å². The van der Waals surface area contributed by atoms with Crippen LogP contribution in [0.2, 0.25) is 0 Å². The van der Waals surface area contributed by atoms with Crippen molar-refractivity contribution in [2.75, 3.05) is 0 Å². The second-order valence-corrected chi connectivity index (χ2v) is 3.51. The van der Waals surface area contributed by atoms with E-state index < -0.39 is 0 Å².